The molecule has 2 aliphatic rings. The maximum absolute atomic E-state index is 5.89. The SMILES string of the molecule is C[C@H](N)CN1CCc2ccc3c(c21)OCCO3. The zero-order valence-electron chi connectivity index (χ0n) is 10.1. The van der Waals surface area contributed by atoms with Crippen LogP contribution in [0, 0.1) is 0 Å². The summed E-state index contributed by atoms with van der Waals surface area (Å²) < 4.78 is 11.4. The number of rotatable bonds is 2. The second kappa shape index (κ2) is 4.11. The first-order valence-electron chi connectivity index (χ1n) is 6.17. The third kappa shape index (κ3) is 1.82. The van der Waals surface area contributed by atoms with Crippen molar-refractivity contribution in [3.05, 3.63) is 17.7 Å². The van der Waals surface area contributed by atoms with Gasteiger partial charge in [-0.3, -0.25) is 0 Å². The summed E-state index contributed by atoms with van der Waals surface area (Å²) in [4.78, 5) is 2.31. The van der Waals surface area contributed by atoms with Crippen molar-refractivity contribution in [1.29, 1.82) is 0 Å². The van der Waals surface area contributed by atoms with Crippen molar-refractivity contribution in [3.8, 4) is 11.5 Å². The molecule has 1 aromatic carbocycles. The molecule has 2 heterocycles. The van der Waals surface area contributed by atoms with E-state index in [4.69, 9.17) is 15.2 Å². The number of anilines is 1. The van der Waals surface area contributed by atoms with Gasteiger partial charge in [0.2, 0.25) is 0 Å². The quantitative estimate of drug-likeness (QED) is 0.834. The fourth-order valence-electron chi connectivity index (χ4n) is 2.59. The molecule has 0 aliphatic carbocycles. The van der Waals surface area contributed by atoms with Crippen LogP contribution in [0.3, 0.4) is 0 Å². The maximum Gasteiger partial charge on any atom is 0.184 e. The molecule has 4 nitrogen and oxygen atoms in total. The third-order valence-corrected chi connectivity index (χ3v) is 3.24. The van der Waals surface area contributed by atoms with Crippen LogP contribution in [0.5, 0.6) is 11.5 Å². The van der Waals surface area contributed by atoms with Gasteiger partial charge in [-0.1, -0.05) is 6.07 Å². The highest BCUT2D eigenvalue weighted by Crippen LogP contribution is 2.44. The fourth-order valence-corrected chi connectivity index (χ4v) is 2.59. The van der Waals surface area contributed by atoms with E-state index in [-0.39, 0.29) is 6.04 Å². The van der Waals surface area contributed by atoms with Gasteiger partial charge >= 0.3 is 0 Å². The lowest BCUT2D eigenvalue weighted by molar-refractivity contribution is 0.172. The minimum Gasteiger partial charge on any atom is -0.486 e. The molecule has 17 heavy (non-hydrogen) atoms. The molecule has 0 saturated carbocycles. The first-order chi connectivity index (χ1) is 8.25. The molecule has 0 aromatic heterocycles. The zero-order valence-corrected chi connectivity index (χ0v) is 10.1. The van der Waals surface area contributed by atoms with Crippen LogP contribution in [0.25, 0.3) is 0 Å². The Kier molecular flexibility index (Phi) is 2.59. The monoisotopic (exact) mass is 234 g/mol. The van der Waals surface area contributed by atoms with Crippen molar-refractivity contribution in [2.45, 2.75) is 19.4 Å². The first-order valence-corrected chi connectivity index (χ1v) is 6.17. The summed E-state index contributed by atoms with van der Waals surface area (Å²) in [5, 5.41) is 0. The fraction of sp³-hybridized carbons (Fsp3) is 0.538. The Bertz CT molecular complexity index is 432. The summed E-state index contributed by atoms with van der Waals surface area (Å²) in [6.07, 6.45) is 1.07. The average Bonchev–Trinajstić information content (AvgIpc) is 2.72. The van der Waals surface area contributed by atoms with Crippen LogP contribution < -0.4 is 20.1 Å². The van der Waals surface area contributed by atoms with Gasteiger partial charge in [-0.15, -0.1) is 0 Å². The molecular formula is C13H18N2O2. The summed E-state index contributed by atoms with van der Waals surface area (Å²) in [6.45, 7) is 5.20. The molecule has 1 aromatic rings. The van der Waals surface area contributed by atoms with Gasteiger partial charge in [0.25, 0.3) is 0 Å². The van der Waals surface area contributed by atoms with Crippen LogP contribution in [0.4, 0.5) is 5.69 Å². The van der Waals surface area contributed by atoms with Crippen molar-refractivity contribution in [2.75, 3.05) is 31.2 Å². The number of benzene rings is 1. The van der Waals surface area contributed by atoms with Gasteiger partial charge in [-0.25, -0.2) is 0 Å². The first kappa shape index (κ1) is 10.7. The van der Waals surface area contributed by atoms with E-state index in [0.717, 1.165) is 31.0 Å². The Morgan fingerprint density at radius 1 is 1.35 bits per heavy atom. The number of fused-ring (bicyclic) bond motifs is 3. The lowest BCUT2D eigenvalue weighted by Crippen LogP contribution is -2.34. The van der Waals surface area contributed by atoms with Crippen LogP contribution in [0.1, 0.15) is 12.5 Å². The number of ether oxygens (including phenoxy) is 2. The van der Waals surface area contributed by atoms with E-state index in [1.807, 2.05) is 13.0 Å². The van der Waals surface area contributed by atoms with Crippen LogP contribution >= 0.6 is 0 Å². The van der Waals surface area contributed by atoms with Crippen LogP contribution in [-0.2, 0) is 6.42 Å². The molecular weight excluding hydrogens is 216 g/mol. The van der Waals surface area contributed by atoms with E-state index in [0.29, 0.717) is 13.2 Å². The van der Waals surface area contributed by atoms with Crippen molar-refractivity contribution in [3.63, 3.8) is 0 Å². The zero-order chi connectivity index (χ0) is 11.8. The van der Waals surface area contributed by atoms with E-state index in [9.17, 15) is 0 Å². The Balaban J connectivity index is 2.00. The normalized spacial score (nSPS) is 19.1. The molecule has 4 heteroatoms. The summed E-state index contributed by atoms with van der Waals surface area (Å²) in [5.74, 6) is 1.78. The number of nitrogens with two attached hydrogens (primary N) is 1. The molecule has 2 N–H and O–H groups in total. The second-order valence-corrected chi connectivity index (χ2v) is 4.77. The minimum atomic E-state index is 0.168. The molecule has 0 bridgehead atoms. The Morgan fingerprint density at radius 2 is 2.18 bits per heavy atom. The third-order valence-electron chi connectivity index (χ3n) is 3.24. The topological polar surface area (TPSA) is 47.7 Å². The molecule has 0 fully saturated rings. The largest absolute Gasteiger partial charge is 0.486 e. The summed E-state index contributed by atoms with van der Waals surface area (Å²) in [5.41, 5.74) is 8.43. The van der Waals surface area contributed by atoms with Gasteiger partial charge in [0, 0.05) is 19.1 Å². The van der Waals surface area contributed by atoms with Gasteiger partial charge in [0.15, 0.2) is 11.5 Å². The number of nitrogens with zero attached hydrogens (tertiary/aromatic N) is 1. The predicted octanol–water partition coefficient (Wildman–Crippen LogP) is 1.17. The second-order valence-electron chi connectivity index (χ2n) is 4.77. The van der Waals surface area contributed by atoms with Crippen LogP contribution in [0.15, 0.2) is 12.1 Å². The van der Waals surface area contributed by atoms with Crippen LogP contribution in [0.2, 0.25) is 0 Å². The molecule has 2 aliphatic heterocycles. The molecule has 0 spiro atoms. The highest BCUT2D eigenvalue weighted by Gasteiger charge is 2.28. The molecule has 3 rings (SSSR count). The Labute approximate surface area is 101 Å². The van der Waals surface area contributed by atoms with Gasteiger partial charge in [0.1, 0.15) is 13.2 Å². The molecule has 1 atom stereocenters. The van der Waals surface area contributed by atoms with Crippen molar-refractivity contribution < 1.29 is 9.47 Å². The summed E-state index contributed by atoms with van der Waals surface area (Å²) in [7, 11) is 0. The van der Waals surface area contributed by atoms with E-state index in [2.05, 4.69) is 11.0 Å². The van der Waals surface area contributed by atoms with Gasteiger partial charge in [0.05, 0.1) is 5.69 Å². The number of hydrogen-bond donors (Lipinski definition) is 1. The van der Waals surface area contributed by atoms with E-state index in [1.54, 1.807) is 0 Å². The molecule has 0 unspecified atom stereocenters. The molecule has 92 valence electrons. The highest BCUT2D eigenvalue weighted by atomic mass is 16.6. The number of hydrogen-bond acceptors (Lipinski definition) is 4. The van der Waals surface area contributed by atoms with E-state index >= 15 is 0 Å². The molecule has 0 amide bonds. The van der Waals surface area contributed by atoms with Crippen molar-refractivity contribution in [1.82, 2.24) is 0 Å². The Hall–Kier alpha value is -1.42. The molecule has 0 saturated heterocycles. The lowest BCUT2D eigenvalue weighted by Gasteiger charge is -2.27. The highest BCUT2D eigenvalue weighted by molar-refractivity contribution is 5.72. The van der Waals surface area contributed by atoms with Gasteiger partial charge in [-0.05, 0) is 25.0 Å². The van der Waals surface area contributed by atoms with Gasteiger partial charge < -0.3 is 20.1 Å². The van der Waals surface area contributed by atoms with E-state index in [1.165, 1.54) is 11.3 Å². The summed E-state index contributed by atoms with van der Waals surface area (Å²) >= 11 is 0. The standard InChI is InChI=1S/C13H18N2O2/c1-9(14)8-15-5-4-10-2-3-11-13(12(10)15)17-7-6-16-11/h2-3,9H,4-8,14H2,1H3/t9-/m0/s1. The predicted molar refractivity (Wildman–Crippen MR) is 67.0 cm³/mol. The van der Waals surface area contributed by atoms with Gasteiger partial charge in [-0.2, -0.15) is 0 Å². The lowest BCUT2D eigenvalue weighted by atomic mass is 10.1. The maximum atomic E-state index is 5.89. The molecule has 0 radical (unpaired) electrons. The van der Waals surface area contributed by atoms with E-state index < -0.39 is 0 Å². The van der Waals surface area contributed by atoms with Crippen molar-refractivity contribution in [2.24, 2.45) is 5.73 Å². The average molecular weight is 234 g/mol. The summed E-state index contributed by atoms with van der Waals surface area (Å²) in [6, 6.07) is 4.33. The Morgan fingerprint density at radius 3 is 3.00 bits per heavy atom. The minimum absolute atomic E-state index is 0.168. The van der Waals surface area contributed by atoms with Crippen LogP contribution in [-0.4, -0.2) is 32.3 Å². The smallest absolute Gasteiger partial charge is 0.184 e. The van der Waals surface area contributed by atoms with Crippen molar-refractivity contribution >= 4 is 5.69 Å².